The van der Waals surface area contributed by atoms with Crippen molar-refractivity contribution in [2.45, 2.75) is 30.8 Å². The molecular formula is C12H20N2S3. The van der Waals surface area contributed by atoms with Crippen molar-refractivity contribution in [2.24, 2.45) is 0 Å². The molecule has 0 aliphatic carbocycles. The van der Waals surface area contributed by atoms with E-state index in [2.05, 4.69) is 48.1 Å². The first-order chi connectivity index (χ1) is 8.31. The van der Waals surface area contributed by atoms with Crippen LogP contribution in [0.25, 0.3) is 0 Å². The third-order valence-electron chi connectivity index (χ3n) is 2.81. The van der Waals surface area contributed by atoms with Crippen molar-refractivity contribution in [2.75, 3.05) is 24.6 Å². The average Bonchev–Trinajstić information content (AvgIpc) is 2.79. The molecule has 5 heteroatoms. The maximum Gasteiger partial charge on any atom is 0.107 e. The van der Waals surface area contributed by atoms with Gasteiger partial charge in [-0.05, 0) is 6.54 Å². The molecule has 2 atom stereocenters. The Labute approximate surface area is 116 Å². The minimum Gasteiger partial charge on any atom is -0.317 e. The van der Waals surface area contributed by atoms with Crippen LogP contribution in [0.1, 0.15) is 29.8 Å². The Hall–Kier alpha value is 0.290. The SMILES string of the molecule is CCNCCc1csc(C2SCCSC2C)n1. The van der Waals surface area contributed by atoms with Crippen molar-refractivity contribution in [3.63, 3.8) is 0 Å². The van der Waals surface area contributed by atoms with Gasteiger partial charge in [0.25, 0.3) is 0 Å². The zero-order chi connectivity index (χ0) is 12.1. The monoisotopic (exact) mass is 288 g/mol. The van der Waals surface area contributed by atoms with Crippen molar-refractivity contribution in [3.05, 3.63) is 16.1 Å². The summed E-state index contributed by atoms with van der Waals surface area (Å²) in [5, 5.41) is 8.25. The molecule has 1 N–H and O–H groups in total. The smallest absolute Gasteiger partial charge is 0.107 e. The molecule has 1 saturated heterocycles. The number of nitrogens with one attached hydrogen (secondary N) is 1. The highest BCUT2D eigenvalue weighted by molar-refractivity contribution is 8.06. The van der Waals surface area contributed by atoms with E-state index < -0.39 is 0 Å². The van der Waals surface area contributed by atoms with E-state index in [-0.39, 0.29) is 0 Å². The second-order valence-electron chi connectivity index (χ2n) is 4.15. The minimum absolute atomic E-state index is 0.617. The number of hydrogen-bond donors (Lipinski definition) is 1. The van der Waals surface area contributed by atoms with E-state index >= 15 is 0 Å². The van der Waals surface area contributed by atoms with Crippen LogP contribution in [0, 0.1) is 0 Å². The third-order valence-corrected chi connectivity index (χ3v) is 7.03. The summed E-state index contributed by atoms with van der Waals surface area (Å²) in [5.41, 5.74) is 1.26. The average molecular weight is 289 g/mol. The summed E-state index contributed by atoms with van der Waals surface area (Å²) in [4.78, 5) is 4.80. The molecule has 1 aromatic rings. The molecule has 2 heterocycles. The fourth-order valence-corrected chi connectivity index (χ4v) is 5.89. The number of hydrogen-bond acceptors (Lipinski definition) is 5. The molecule has 96 valence electrons. The van der Waals surface area contributed by atoms with Crippen molar-refractivity contribution in [3.8, 4) is 0 Å². The fraction of sp³-hybridized carbons (Fsp3) is 0.750. The summed E-state index contributed by atoms with van der Waals surface area (Å²) >= 11 is 6.01. The lowest BCUT2D eigenvalue weighted by Gasteiger charge is -2.25. The molecule has 1 aromatic heterocycles. The number of thioether (sulfide) groups is 2. The summed E-state index contributed by atoms with van der Waals surface area (Å²) in [6.07, 6.45) is 1.06. The van der Waals surface area contributed by atoms with Crippen LogP contribution >= 0.6 is 34.9 Å². The van der Waals surface area contributed by atoms with Gasteiger partial charge in [0.15, 0.2) is 0 Å². The molecule has 0 radical (unpaired) electrons. The Bertz CT molecular complexity index is 340. The van der Waals surface area contributed by atoms with Crippen LogP contribution in [0.4, 0.5) is 0 Å². The summed E-state index contributed by atoms with van der Waals surface area (Å²) in [7, 11) is 0. The molecule has 2 rings (SSSR count). The normalized spacial score (nSPS) is 25.1. The summed E-state index contributed by atoms with van der Waals surface area (Å²) < 4.78 is 0. The van der Waals surface area contributed by atoms with Gasteiger partial charge in [-0.25, -0.2) is 4.98 Å². The molecule has 1 fully saturated rings. The van der Waals surface area contributed by atoms with Crippen molar-refractivity contribution in [1.29, 1.82) is 0 Å². The first-order valence-electron chi connectivity index (χ1n) is 6.19. The molecule has 0 aromatic carbocycles. The highest BCUT2D eigenvalue weighted by Crippen LogP contribution is 2.43. The molecule has 1 aliphatic heterocycles. The van der Waals surface area contributed by atoms with Crippen LogP contribution in [-0.4, -0.2) is 34.8 Å². The van der Waals surface area contributed by atoms with Crippen LogP contribution in [0.3, 0.4) is 0 Å². The van der Waals surface area contributed by atoms with E-state index in [1.54, 1.807) is 0 Å². The maximum atomic E-state index is 4.80. The molecule has 2 nitrogen and oxygen atoms in total. The van der Waals surface area contributed by atoms with E-state index in [1.807, 2.05) is 11.3 Å². The number of rotatable bonds is 5. The fourth-order valence-electron chi connectivity index (χ4n) is 1.87. The van der Waals surface area contributed by atoms with Crippen LogP contribution in [-0.2, 0) is 6.42 Å². The Morgan fingerprint density at radius 1 is 1.41 bits per heavy atom. The van der Waals surface area contributed by atoms with Gasteiger partial charge in [0.2, 0.25) is 0 Å². The third kappa shape index (κ3) is 3.88. The van der Waals surface area contributed by atoms with Gasteiger partial charge in [-0.2, -0.15) is 11.8 Å². The van der Waals surface area contributed by atoms with Crippen molar-refractivity contribution >= 4 is 34.9 Å². The van der Waals surface area contributed by atoms with Gasteiger partial charge in [-0.15, -0.1) is 23.1 Å². The molecular weight excluding hydrogens is 268 g/mol. The van der Waals surface area contributed by atoms with Crippen molar-refractivity contribution < 1.29 is 0 Å². The maximum absolute atomic E-state index is 4.80. The predicted octanol–water partition coefficient (Wildman–Crippen LogP) is 3.20. The summed E-state index contributed by atoms with van der Waals surface area (Å²) in [6.45, 7) is 6.57. The van der Waals surface area contributed by atoms with Crippen molar-refractivity contribution in [1.82, 2.24) is 10.3 Å². The van der Waals surface area contributed by atoms with Gasteiger partial charge in [0.05, 0.1) is 10.9 Å². The second-order valence-corrected chi connectivity index (χ2v) is 7.77. The highest BCUT2D eigenvalue weighted by Gasteiger charge is 2.26. The lowest BCUT2D eigenvalue weighted by molar-refractivity contribution is 0.708. The van der Waals surface area contributed by atoms with Gasteiger partial charge < -0.3 is 5.32 Å². The zero-order valence-corrected chi connectivity index (χ0v) is 12.9. The van der Waals surface area contributed by atoms with E-state index in [0.717, 1.165) is 19.5 Å². The van der Waals surface area contributed by atoms with Gasteiger partial charge >= 0.3 is 0 Å². The number of nitrogens with zero attached hydrogens (tertiary/aromatic N) is 1. The lowest BCUT2D eigenvalue weighted by Crippen LogP contribution is -2.17. The van der Waals surface area contributed by atoms with E-state index in [1.165, 1.54) is 22.2 Å². The predicted molar refractivity (Wildman–Crippen MR) is 81.5 cm³/mol. The molecule has 0 spiro atoms. The quantitative estimate of drug-likeness (QED) is 0.841. The number of likely N-dealkylation sites (N-methyl/N-ethyl adjacent to an activating group) is 1. The van der Waals surface area contributed by atoms with E-state index in [4.69, 9.17) is 4.98 Å². The molecule has 0 saturated carbocycles. The largest absolute Gasteiger partial charge is 0.317 e. The van der Waals surface area contributed by atoms with Crippen LogP contribution in [0.15, 0.2) is 5.38 Å². The van der Waals surface area contributed by atoms with E-state index in [9.17, 15) is 0 Å². The Morgan fingerprint density at radius 3 is 3.00 bits per heavy atom. The summed E-state index contributed by atoms with van der Waals surface area (Å²) in [6, 6.07) is 0. The van der Waals surface area contributed by atoms with Crippen LogP contribution in [0.2, 0.25) is 0 Å². The second kappa shape index (κ2) is 7.02. The van der Waals surface area contributed by atoms with Gasteiger partial charge in [0, 0.05) is 35.1 Å². The molecule has 2 unspecified atom stereocenters. The first kappa shape index (κ1) is 13.7. The molecule has 1 aliphatic rings. The van der Waals surface area contributed by atoms with Crippen LogP contribution < -0.4 is 5.32 Å². The molecule has 0 bridgehead atoms. The van der Waals surface area contributed by atoms with Crippen LogP contribution in [0.5, 0.6) is 0 Å². The number of thiazole rings is 1. The molecule has 17 heavy (non-hydrogen) atoms. The van der Waals surface area contributed by atoms with E-state index in [0.29, 0.717) is 10.5 Å². The minimum atomic E-state index is 0.617. The van der Waals surface area contributed by atoms with Gasteiger partial charge in [-0.3, -0.25) is 0 Å². The summed E-state index contributed by atoms with van der Waals surface area (Å²) in [5.74, 6) is 2.56. The first-order valence-corrected chi connectivity index (χ1v) is 9.17. The Kier molecular flexibility index (Phi) is 5.66. The van der Waals surface area contributed by atoms with Gasteiger partial charge in [-0.1, -0.05) is 13.8 Å². The van der Waals surface area contributed by atoms with Gasteiger partial charge in [0.1, 0.15) is 5.01 Å². The standard InChI is InChI=1S/C12H20N2S3/c1-3-13-5-4-10-8-17-12(14-10)11-9(2)15-6-7-16-11/h8-9,11,13H,3-7H2,1-2H3. The highest BCUT2D eigenvalue weighted by atomic mass is 32.2. The molecule has 0 amide bonds. The topological polar surface area (TPSA) is 24.9 Å². The number of aromatic nitrogens is 1. The Morgan fingerprint density at radius 2 is 2.24 bits per heavy atom. The Balaban J connectivity index is 1.92. The lowest BCUT2D eigenvalue weighted by atomic mass is 10.3. The zero-order valence-electron chi connectivity index (χ0n) is 10.4.